The van der Waals surface area contributed by atoms with Crippen LogP contribution in [0.15, 0.2) is 54.6 Å². The lowest BCUT2D eigenvalue weighted by atomic mass is 9.96. The molecule has 2 amide bonds. The van der Waals surface area contributed by atoms with Crippen molar-refractivity contribution in [3.05, 3.63) is 87.9 Å². The van der Waals surface area contributed by atoms with Crippen LogP contribution in [0.3, 0.4) is 0 Å². The summed E-state index contributed by atoms with van der Waals surface area (Å²) in [7, 11) is 0. The number of amides is 2. The molecule has 3 aromatic carbocycles. The van der Waals surface area contributed by atoms with Crippen molar-refractivity contribution in [3.8, 4) is 0 Å². The zero-order valence-corrected chi connectivity index (χ0v) is 17.0. The molecule has 0 saturated carbocycles. The molecule has 1 aromatic heterocycles. The van der Waals surface area contributed by atoms with Crippen LogP contribution in [0.25, 0.3) is 10.9 Å². The van der Waals surface area contributed by atoms with E-state index >= 15 is 0 Å². The molecular formula is C22H14ClF2N5O2. The summed E-state index contributed by atoms with van der Waals surface area (Å²) in [6, 6.07) is 11.0. The second kappa shape index (κ2) is 7.31. The third-order valence-corrected chi connectivity index (χ3v) is 5.63. The van der Waals surface area contributed by atoms with Crippen LogP contribution in [0.2, 0.25) is 5.02 Å². The van der Waals surface area contributed by atoms with Gasteiger partial charge in [0.1, 0.15) is 11.6 Å². The predicted octanol–water partition coefficient (Wildman–Crippen LogP) is 4.46. The summed E-state index contributed by atoms with van der Waals surface area (Å²) in [6.07, 6.45) is 0. The fourth-order valence-electron chi connectivity index (χ4n) is 3.87. The monoisotopic (exact) mass is 453 g/mol. The Bertz CT molecular complexity index is 1440. The number of nitrogens with one attached hydrogen (secondary N) is 2. The van der Waals surface area contributed by atoms with Gasteiger partial charge >= 0.3 is 6.03 Å². The molecule has 0 bridgehead atoms. The Kier molecular flexibility index (Phi) is 4.56. The van der Waals surface area contributed by atoms with Crippen molar-refractivity contribution in [3.63, 3.8) is 0 Å². The zero-order chi connectivity index (χ0) is 22.6. The Labute approximate surface area is 184 Å². The van der Waals surface area contributed by atoms with E-state index in [0.717, 1.165) is 4.68 Å². The summed E-state index contributed by atoms with van der Waals surface area (Å²) >= 11 is 6.26. The second-order valence-corrected chi connectivity index (χ2v) is 7.63. The molecule has 0 radical (unpaired) electrons. The summed E-state index contributed by atoms with van der Waals surface area (Å²) < 4.78 is 28.5. The van der Waals surface area contributed by atoms with E-state index in [9.17, 15) is 18.4 Å². The van der Waals surface area contributed by atoms with Crippen LogP contribution >= 0.6 is 11.6 Å². The van der Waals surface area contributed by atoms with Gasteiger partial charge in [-0.15, -0.1) is 5.10 Å². The van der Waals surface area contributed by atoms with Gasteiger partial charge in [-0.25, -0.2) is 13.6 Å². The lowest BCUT2D eigenvalue weighted by Gasteiger charge is -2.18. The first-order chi connectivity index (χ1) is 15.3. The molecule has 7 nitrogen and oxygen atoms in total. The van der Waals surface area contributed by atoms with Crippen LogP contribution in [0.5, 0.6) is 0 Å². The summed E-state index contributed by atoms with van der Waals surface area (Å²) in [4.78, 5) is 25.6. The number of nitrogen functional groups attached to an aromatic ring is 1. The summed E-state index contributed by atoms with van der Waals surface area (Å²) in [6.45, 7) is 0. The Morgan fingerprint density at radius 3 is 2.69 bits per heavy atom. The molecule has 5 rings (SSSR count). The van der Waals surface area contributed by atoms with Crippen LogP contribution in [0, 0.1) is 11.6 Å². The van der Waals surface area contributed by atoms with Gasteiger partial charge in [-0.1, -0.05) is 17.7 Å². The number of aromatic nitrogens is 2. The average Bonchev–Trinajstić information content (AvgIpc) is 3.28. The van der Waals surface area contributed by atoms with Crippen molar-refractivity contribution >= 4 is 45.9 Å². The van der Waals surface area contributed by atoms with E-state index < -0.39 is 23.7 Å². The smallest absolute Gasteiger partial charge is 0.347 e. The van der Waals surface area contributed by atoms with E-state index in [-0.39, 0.29) is 16.7 Å². The van der Waals surface area contributed by atoms with Crippen LogP contribution in [0.4, 0.5) is 25.1 Å². The minimum absolute atomic E-state index is 0.00537. The lowest BCUT2D eigenvalue weighted by Crippen LogP contribution is -2.23. The molecule has 1 aliphatic rings. The van der Waals surface area contributed by atoms with Gasteiger partial charge in [0.15, 0.2) is 5.82 Å². The fraction of sp³-hybridized carbons (Fsp3) is 0.0455. The van der Waals surface area contributed by atoms with Crippen LogP contribution in [-0.2, 0) is 0 Å². The molecule has 0 fully saturated rings. The first kappa shape index (κ1) is 20.0. The largest absolute Gasteiger partial charge is 0.382 e. The van der Waals surface area contributed by atoms with Gasteiger partial charge in [0, 0.05) is 32.8 Å². The second-order valence-electron chi connectivity index (χ2n) is 7.23. The minimum atomic E-state index is -0.772. The van der Waals surface area contributed by atoms with E-state index in [2.05, 4.69) is 15.7 Å². The lowest BCUT2D eigenvalue weighted by molar-refractivity contribution is 0.0960. The highest BCUT2D eigenvalue weighted by Gasteiger charge is 2.34. The van der Waals surface area contributed by atoms with E-state index in [0.29, 0.717) is 33.3 Å². The molecule has 1 atom stereocenters. The molecule has 2 heterocycles. The van der Waals surface area contributed by atoms with Crippen LogP contribution in [-0.4, -0.2) is 21.7 Å². The van der Waals surface area contributed by atoms with Gasteiger partial charge in [0.05, 0.1) is 11.6 Å². The number of halogens is 3. The molecule has 0 aliphatic carbocycles. The van der Waals surface area contributed by atoms with Crippen molar-refractivity contribution in [1.29, 1.82) is 0 Å². The molecule has 10 heteroatoms. The molecule has 1 unspecified atom stereocenters. The third-order valence-electron chi connectivity index (χ3n) is 5.29. The predicted molar refractivity (Wildman–Crippen MR) is 116 cm³/mol. The molecule has 32 heavy (non-hydrogen) atoms. The van der Waals surface area contributed by atoms with Gasteiger partial charge in [0.25, 0.3) is 5.91 Å². The van der Waals surface area contributed by atoms with Crippen LogP contribution < -0.4 is 16.4 Å². The van der Waals surface area contributed by atoms with E-state index in [1.165, 1.54) is 36.4 Å². The third kappa shape index (κ3) is 3.14. The molecule has 160 valence electrons. The Morgan fingerprint density at radius 1 is 1.12 bits per heavy atom. The van der Waals surface area contributed by atoms with Gasteiger partial charge in [-0.2, -0.15) is 4.68 Å². The first-order valence-corrected chi connectivity index (χ1v) is 9.85. The number of carbonyl (C=O) groups is 2. The van der Waals surface area contributed by atoms with E-state index in [4.69, 9.17) is 17.3 Å². The van der Waals surface area contributed by atoms with Gasteiger partial charge in [-0.05, 0) is 48.5 Å². The number of rotatable bonds is 2. The number of nitrogens with zero attached hydrogens (tertiary/aromatic N) is 2. The molecule has 0 spiro atoms. The number of anilines is 2. The standard InChI is InChI=1S/C22H14ClF2N5O2/c23-15-6-4-10(24)8-13(15)19-18-12(21(31)28-19)2-1-3-16(18)27-22(32)30-17-7-5-11(25)9-14(17)20(26)29-30/h1-9,19H,(H2,26,29)(H,27,32)(H,28,31). The summed E-state index contributed by atoms with van der Waals surface area (Å²) in [5, 5.41) is 10.0. The maximum Gasteiger partial charge on any atom is 0.347 e. The quantitative estimate of drug-likeness (QED) is 0.417. The van der Waals surface area contributed by atoms with E-state index in [1.54, 1.807) is 18.2 Å². The van der Waals surface area contributed by atoms with Crippen molar-refractivity contribution in [2.24, 2.45) is 0 Å². The zero-order valence-electron chi connectivity index (χ0n) is 16.2. The number of carbonyl (C=O) groups excluding carboxylic acids is 2. The highest BCUT2D eigenvalue weighted by Crippen LogP contribution is 2.39. The molecule has 4 aromatic rings. The number of nitrogens with two attached hydrogens (primary N) is 1. The summed E-state index contributed by atoms with van der Waals surface area (Å²) in [5.41, 5.74) is 7.56. The van der Waals surface area contributed by atoms with Gasteiger partial charge in [-0.3, -0.25) is 4.79 Å². The van der Waals surface area contributed by atoms with Crippen molar-refractivity contribution < 1.29 is 18.4 Å². The number of hydrogen-bond donors (Lipinski definition) is 3. The average molecular weight is 454 g/mol. The first-order valence-electron chi connectivity index (χ1n) is 9.47. The number of hydrogen-bond acceptors (Lipinski definition) is 4. The normalized spacial score (nSPS) is 15.0. The maximum atomic E-state index is 13.9. The number of benzene rings is 3. The highest BCUT2D eigenvalue weighted by molar-refractivity contribution is 6.31. The van der Waals surface area contributed by atoms with E-state index in [1.807, 2.05) is 0 Å². The SMILES string of the molecule is Nc1nn(C(=O)Nc2cccc3c2C(c2cc(F)ccc2Cl)NC3=O)c2ccc(F)cc12. The van der Waals surface area contributed by atoms with Gasteiger partial charge in [0.2, 0.25) is 0 Å². The summed E-state index contributed by atoms with van der Waals surface area (Å²) in [5.74, 6) is -1.41. The van der Waals surface area contributed by atoms with Gasteiger partial charge < -0.3 is 16.4 Å². The molecular weight excluding hydrogens is 440 g/mol. The van der Waals surface area contributed by atoms with Crippen molar-refractivity contribution in [1.82, 2.24) is 15.1 Å². The fourth-order valence-corrected chi connectivity index (χ4v) is 4.10. The van der Waals surface area contributed by atoms with Crippen molar-refractivity contribution in [2.45, 2.75) is 6.04 Å². The number of fused-ring (bicyclic) bond motifs is 2. The minimum Gasteiger partial charge on any atom is -0.382 e. The Morgan fingerprint density at radius 2 is 1.88 bits per heavy atom. The van der Waals surface area contributed by atoms with Crippen LogP contribution in [0.1, 0.15) is 27.5 Å². The highest BCUT2D eigenvalue weighted by atomic mass is 35.5. The molecule has 1 aliphatic heterocycles. The van der Waals surface area contributed by atoms with Crippen molar-refractivity contribution in [2.75, 3.05) is 11.1 Å². The maximum absolute atomic E-state index is 13.9. The molecule has 0 saturated heterocycles. The topological polar surface area (TPSA) is 102 Å². The molecule has 4 N–H and O–H groups in total. The Balaban J connectivity index is 1.58. The Hall–Kier alpha value is -3.98.